The average Bonchev–Trinajstić information content (AvgIpc) is 2.98. The van der Waals surface area contributed by atoms with Crippen molar-refractivity contribution >= 4 is 11.7 Å². The van der Waals surface area contributed by atoms with Crippen LogP contribution in [0.5, 0.6) is 0 Å². The maximum absolute atomic E-state index is 11.9. The van der Waals surface area contributed by atoms with Crippen molar-refractivity contribution in [2.24, 2.45) is 0 Å². The van der Waals surface area contributed by atoms with E-state index in [0.29, 0.717) is 18.2 Å². The zero-order chi connectivity index (χ0) is 18.6. The highest BCUT2D eigenvalue weighted by Gasteiger charge is 2.28. The Kier molecular flexibility index (Phi) is 5.39. The van der Waals surface area contributed by atoms with E-state index in [1.807, 2.05) is 19.1 Å². The van der Waals surface area contributed by atoms with Gasteiger partial charge in [-0.1, -0.05) is 24.3 Å². The molecule has 2 heterocycles. The molecule has 0 saturated carbocycles. The van der Waals surface area contributed by atoms with Crippen molar-refractivity contribution < 1.29 is 4.79 Å². The summed E-state index contributed by atoms with van der Waals surface area (Å²) in [5, 5.41) is 2.82. The van der Waals surface area contributed by atoms with Gasteiger partial charge in [0.05, 0.1) is 5.56 Å². The van der Waals surface area contributed by atoms with Gasteiger partial charge in [-0.05, 0) is 49.4 Å². The van der Waals surface area contributed by atoms with Crippen LogP contribution >= 0.6 is 0 Å². The standard InChI is InChI=1S/C22H28N4O/c1-2-23-22(27)19-8-9-21(24-16-19)26-11-5-10-25(12-13-26)20-14-17-6-3-4-7-18(17)15-20/h3-4,6-9,16,20H,2,5,10-15H2,1H3,(H,23,27). The molecule has 27 heavy (non-hydrogen) atoms. The van der Waals surface area contributed by atoms with Crippen LogP contribution in [0.3, 0.4) is 0 Å². The van der Waals surface area contributed by atoms with Crippen LogP contribution in [0.1, 0.15) is 34.8 Å². The van der Waals surface area contributed by atoms with Crippen molar-refractivity contribution in [3.05, 3.63) is 59.3 Å². The van der Waals surface area contributed by atoms with Gasteiger partial charge in [0.1, 0.15) is 5.82 Å². The number of benzene rings is 1. The summed E-state index contributed by atoms with van der Waals surface area (Å²) in [4.78, 5) is 21.5. The molecule has 0 atom stereocenters. The lowest BCUT2D eigenvalue weighted by atomic mass is 10.1. The van der Waals surface area contributed by atoms with E-state index in [4.69, 9.17) is 0 Å². The molecule has 1 aromatic heterocycles. The molecular weight excluding hydrogens is 336 g/mol. The first kappa shape index (κ1) is 18.0. The number of hydrogen-bond donors (Lipinski definition) is 1. The molecule has 1 N–H and O–H groups in total. The summed E-state index contributed by atoms with van der Waals surface area (Å²) in [6, 6.07) is 13.4. The fourth-order valence-electron chi connectivity index (χ4n) is 4.30. The summed E-state index contributed by atoms with van der Waals surface area (Å²) in [5.41, 5.74) is 3.66. The summed E-state index contributed by atoms with van der Waals surface area (Å²) in [7, 11) is 0. The smallest absolute Gasteiger partial charge is 0.252 e. The lowest BCUT2D eigenvalue weighted by Crippen LogP contribution is -2.39. The molecule has 1 aliphatic carbocycles. The van der Waals surface area contributed by atoms with E-state index in [1.54, 1.807) is 6.20 Å². The second-order valence-corrected chi connectivity index (χ2v) is 7.47. The summed E-state index contributed by atoms with van der Waals surface area (Å²) in [6.07, 6.45) is 5.19. The number of carbonyl (C=O) groups is 1. The first-order valence-corrected chi connectivity index (χ1v) is 10.0. The Morgan fingerprint density at radius 1 is 1.07 bits per heavy atom. The quantitative estimate of drug-likeness (QED) is 0.906. The molecule has 0 spiro atoms. The Morgan fingerprint density at radius 3 is 2.52 bits per heavy atom. The van der Waals surface area contributed by atoms with E-state index in [-0.39, 0.29) is 5.91 Å². The summed E-state index contributed by atoms with van der Waals surface area (Å²) in [5.74, 6) is 0.916. The van der Waals surface area contributed by atoms with Gasteiger partial charge < -0.3 is 10.2 Å². The van der Waals surface area contributed by atoms with Crippen LogP contribution in [0.2, 0.25) is 0 Å². The number of hydrogen-bond acceptors (Lipinski definition) is 4. The Hall–Kier alpha value is -2.40. The third-order valence-electron chi connectivity index (χ3n) is 5.75. The minimum absolute atomic E-state index is 0.0561. The van der Waals surface area contributed by atoms with Gasteiger partial charge in [-0.3, -0.25) is 9.69 Å². The SMILES string of the molecule is CCNC(=O)c1ccc(N2CCCN(C3Cc4ccccc4C3)CC2)nc1. The third-order valence-corrected chi connectivity index (χ3v) is 5.75. The second kappa shape index (κ2) is 8.09. The Morgan fingerprint density at radius 2 is 1.85 bits per heavy atom. The minimum atomic E-state index is -0.0561. The van der Waals surface area contributed by atoms with E-state index in [0.717, 1.165) is 38.4 Å². The van der Waals surface area contributed by atoms with Gasteiger partial charge in [0.15, 0.2) is 0 Å². The summed E-state index contributed by atoms with van der Waals surface area (Å²) in [6.45, 7) is 6.77. The van der Waals surface area contributed by atoms with Gasteiger partial charge in [-0.15, -0.1) is 0 Å². The van der Waals surface area contributed by atoms with Crippen molar-refractivity contribution in [2.45, 2.75) is 32.2 Å². The van der Waals surface area contributed by atoms with Gasteiger partial charge >= 0.3 is 0 Å². The van der Waals surface area contributed by atoms with Crippen LogP contribution in [0.15, 0.2) is 42.6 Å². The molecule has 4 rings (SSSR count). The lowest BCUT2D eigenvalue weighted by Gasteiger charge is -2.27. The number of rotatable bonds is 4. The highest BCUT2D eigenvalue weighted by molar-refractivity contribution is 5.94. The van der Waals surface area contributed by atoms with E-state index in [9.17, 15) is 4.79 Å². The molecule has 0 bridgehead atoms. The molecule has 142 valence electrons. The Labute approximate surface area is 161 Å². The molecule has 1 amide bonds. The largest absolute Gasteiger partial charge is 0.355 e. The number of aromatic nitrogens is 1. The molecule has 1 fully saturated rings. The number of anilines is 1. The van der Waals surface area contributed by atoms with Crippen molar-refractivity contribution in [1.82, 2.24) is 15.2 Å². The number of nitrogens with zero attached hydrogens (tertiary/aromatic N) is 3. The molecule has 2 aliphatic rings. The molecule has 5 nitrogen and oxygen atoms in total. The Balaban J connectivity index is 1.37. The van der Waals surface area contributed by atoms with Crippen molar-refractivity contribution in [3.8, 4) is 0 Å². The first-order chi connectivity index (χ1) is 13.2. The second-order valence-electron chi connectivity index (χ2n) is 7.47. The fraction of sp³-hybridized carbons (Fsp3) is 0.455. The van der Waals surface area contributed by atoms with Crippen LogP contribution < -0.4 is 10.2 Å². The van der Waals surface area contributed by atoms with Gasteiger partial charge in [0.25, 0.3) is 5.91 Å². The molecule has 5 heteroatoms. The lowest BCUT2D eigenvalue weighted by molar-refractivity contribution is 0.0955. The van der Waals surface area contributed by atoms with E-state index in [2.05, 4.69) is 44.4 Å². The average molecular weight is 364 g/mol. The van der Waals surface area contributed by atoms with Crippen LogP contribution in [-0.2, 0) is 12.8 Å². The highest BCUT2D eigenvalue weighted by Crippen LogP contribution is 2.26. The Bertz CT molecular complexity index is 764. The van der Waals surface area contributed by atoms with Gasteiger partial charge in [-0.2, -0.15) is 0 Å². The van der Waals surface area contributed by atoms with Crippen molar-refractivity contribution in [1.29, 1.82) is 0 Å². The maximum atomic E-state index is 11.9. The number of pyridine rings is 1. The number of amides is 1. The maximum Gasteiger partial charge on any atom is 0.252 e. The van der Waals surface area contributed by atoms with Crippen LogP contribution in [0.4, 0.5) is 5.82 Å². The zero-order valence-electron chi connectivity index (χ0n) is 16.0. The molecule has 0 unspecified atom stereocenters. The summed E-state index contributed by atoms with van der Waals surface area (Å²) < 4.78 is 0. The van der Waals surface area contributed by atoms with Gasteiger partial charge in [-0.25, -0.2) is 4.98 Å². The van der Waals surface area contributed by atoms with Crippen molar-refractivity contribution in [3.63, 3.8) is 0 Å². The van der Waals surface area contributed by atoms with Crippen LogP contribution in [0.25, 0.3) is 0 Å². The minimum Gasteiger partial charge on any atom is -0.355 e. The molecule has 2 aromatic rings. The zero-order valence-corrected chi connectivity index (χ0v) is 16.0. The van der Waals surface area contributed by atoms with E-state index < -0.39 is 0 Å². The summed E-state index contributed by atoms with van der Waals surface area (Å²) >= 11 is 0. The molecule has 1 aromatic carbocycles. The molecular formula is C22H28N4O. The predicted octanol–water partition coefficient (Wildman–Crippen LogP) is 2.51. The molecule has 1 aliphatic heterocycles. The normalized spacial score (nSPS) is 18.2. The third kappa shape index (κ3) is 3.98. The number of nitrogens with one attached hydrogen (secondary N) is 1. The van der Waals surface area contributed by atoms with Crippen LogP contribution in [0, 0.1) is 0 Å². The first-order valence-electron chi connectivity index (χ1n) is 10.0. The predicted molar refractivity (Wildman–Crippen MR) is 108 cm³/mol. The topological polar surface area (TPSA) is 48.5 Å². The number of fused-ring (bicyclic) bond motifs is 1. The van der Waals surface area contributed by atoms with Gasteiger partial charge in [0, 0.05) is 45.0 Å². The van der Waals surface area contributed by atoms with E-state index >= 15 is 0 Å². The fourth-order valence-corrected chi connectivity index (χ4v) is 4.30. The number of carbonyl (C=O) groups excluding carboxylic acids is 1. The monoisotopic (exact) mass is 364 g/mol. The molecule has 1 saturated heterocycles. The highest BCUT2D eigenvalue weighted by atomic mass is 16.1. The van der Waals surface area contributed by atoms with Crippen LogP contribution in [-0.4, -0.2) is 54.6 Å². The van der Waals surface area contributed by atoms with E-state index in [1.165, 1.54) is 24.0 Å². The van der Waals surface area contributed by atoms with Gasteiger partial charge in [0.2, 0.25) is 0 Å². The van der Waals surface area contributed by atoms with Crippen molar-refractivity contribution in [2.75, 3.05) is 37.6 Å². The molecule has 0 radical (unpaired) electrons.